The number of nitrogen functional groups attached to an aromatic ring is 1. The molecule has 2 amide bonds. The van der Waals surface area contributed by atoms with Gasteiger partial charge in [0.1, 0.15) is 12.6 Å². The lowest BCUT2D eigenvalue weighted by Gasteiger charge is -2.17. The summed E-state index contributed by atoms with van der Waals surface area (Å²) in [4.78, 5) is 23.1. The highest BCUT2D eigenvalue weighted by Gasteiger charge is 2.19. The van der Waals surface area contributed by atoms with Gasteiger partial charge in [-0.25, -0.2) is 0 Å². The first kappa shape index (κ1) is 16.5. The molecule has 0 saturated carbocycles. The van der Waals surface area contributed by atoms with Gasteiger partial charge >= 0.3 is 0 Å². The summed E-state index contributed by atoms with van der Waals surface area (Å²) in [6, 6.07) is 6.37. The summed E-state index contributed by atoms with van der Waals surface area (Å²) in [6.45, 7) is 1.78. The van der Waals surface area contributed by atoms with E-state index in [1.165, 1.54) is 6.92 Å². The number of nitrogens with two attached hydrogens (primary N) is 1. The highest BCUT2D eigenvalue weighted by atomic mass is 16.5. The summed E-state index contributed by atoms with van der Waals surface area (Å²) in [5.41, 5.74) is 7.15. The summed E-state index contributed by atoms with van der Waals surface area (Å²) in [7, 11) is 0. The van der Waals surface area contributed by atoms with Gasteiger partial charge in [-0.15, -0.1) is 6.42 Å². The average Bonchev–Trinajstić information content (AvgIpc) is 2.45. The van der Waals surface area contributed by atoms with E-state index in [1.54, 1.807) is 12.1 Å². The third kappa shape index (κ3) is 6.45. The predicted molar refractivity (Wildman–Crippen MR) is 80.0 cm³/mol. The standard InChI is InChI=1S/C15H19N3O3/c1-3-8-21-10-14(18-11(2)19)15(20)17-9-12-4-6-13(16)7-5-12/h1,4-7,14H,8-10,16H2,2H3,(H,17,20)(H,18,19). The molecular formula is C15H19N3O3. The predicted octanol–water partition coefficient (Wildman–Crippen LogP) is 0.0395. The van der Waals surface area contributed by atoms with E-state index in [4.69, 9.17) is 16.9 Å². The molecule has 4 N–H and O–H groups in total. The largest absolute Gasteiger partial charge is 0.399 e. The van der Waals surface area contributed by atoms with Crippen molar-refractivity contribution in [2.24, 2.45) is 0 Å². The van der Waals surface area contributed by atoms with Crippen molar-refractivity contribution in [3.8, 4) is 12.3 Å². The van der Waals surface area contributed by atoms with Crippen LogP contribution in [0.4, 0.5) is 5.69 Å². The Morgan fingerprint density at radius 1 is 1.38 bits per heavy atom. The first-order valence-corrected chi connectivity index (χ1v) is 6.43. The lowest BCUT2D eigenvalue weighted by Crippen LogP contribution is -2.48. The Kier molecular flexibility index (Phi) is 6.78. The van der Waals surface area contributed by atoms with Gasteiger partial charge in [-0.3, -0.25) is 9.59 Å². The monoisotopic (exact) mass is 289 g/mol. The molecular weight excluding hydrogens is 270 g/mol. The maximum absolute atomic E-state index is 12.0. The van der Waals surface area contributed by atoms with Gasteiger partial charge < -0.3 is 21.1 Å². The van der Waals surface area contributed by atoms with Gasteiger partial charge in [0, 0.05) is 19.2 Å². The summed E-state index contributed by atoms with van der Waals surface area (Å²) in [6.07, 6.45) is 5.07. The maximum atomic E-state index is 12.0. The van der Waals surface area contributed by atoms with Crippen LogP contribution in [-0.4, -0.2) is 31.1 Å². The van der Waals surface area contributed by atoms with E-state index >= 15 is 0 Å². The third-order valence-corrected chi connectivity index (χ3v) is 2.61. The number of hydrogen-bond acceptors (Lipinski definition) is 4. The molecule has 112 valence electrons. The first-order chi connectivity index (χ1) is 10.0. The molecule has 0 saturated heterocycles. The maximum Gasteiger partial charge on any atom is 0.245 e. The van der Waals surface area contributed by atoms with Crippen LogP contribution in [0.3, 0.4) is 0 Å². The number of rotatable bonds is 7. The van der Waals surface area contributed by atoms with E-state index in [1.807, 2.05) is 12.1 Å². The highest BCUT2D eigenvalue weighted by molar-refractivity contribution is 5.86. The number of amides is 2. The number of hydrogen-bond donors (Lipinski definition) is 3. The Morgan fingerprint density at radius 2 is 2.05 bits per heavy atom. The number of terminal acetylenes is 1. The van der Waals surface area contributed by atoms with Gasteiger partial charge in [0.15, 0.2) is 0 Å². The second kappa shape index (κ2) is 8.61. The highest BCUT2D eigenvalue weighted by Crippen LogP contribution is 2.04. The second-order valence-corrected chi connectivity index (χ2v) is 4.43. The van der Waals surface area contributed by atoms with Crippen molar-refractivity contribution in [3.63, 3.8) is 0 Å². The molecule has 0 aliphatic rings. The Bertz CT molecular complexity index is 520. The smallest absolute Gasteiger partial charge is 0.245 e. The van der Waals surface area contributed by atoms with Crippen LogP contribution in [0.1, 0.15) is 12.5 Å². The molecule has 0 fully saturated rings. The molecule has 6 heteroatoms. The van der Waals surface area contributed by atoms with Crippen LogP contribution in [0.2, 0.25) is 0 Å². The number of benzene rings is 1. The van der Waals surface area contributed by atoms with Crippen LogP contribution in [0.25, 0.3) is 0 Å². The fraction of sp³-hybridized carbons (Fsp3) is 0.333. The molecule has 21 heavy (non-hydrogen) atoms. The number of carbonyl (C=O) groups excluding carboxylic acids is 2. The van der Waals surface area contributed by atoms with Crippen LogP contribution in [-0.2, 0) is 20.9 Å². The van der Waals surface area contributed by atoms with Crippen LogP contribution >= 0.6 is 0 Å². The number of ether oxygens (including phenoxy) is 1. The number of nitrogens with one attached hydrogen (secondary N) is 2. The van der Waals surface area contributed by atoms with Crippen LogP contribution < -0.4 is 16.4 Å². The fourth-order valence-corrected chi connectivity index (χ4v) is 1.61. The Morgan fingerprint density at radius 3 is 2.62 bits per heavy atom. The summed E-state index contributed by atoms with van der Waals surface area (Å²) < 4.78 is 5.11. The van der Waals surface area contributed by atoms with Crippen molar-refractivity contribution in [1.82, 2.24) is 10.6 Å². The zero-order chi connectivity index (χ0) is 15.7. The molecule has 0 radical (unpaired) electrons. The van der Waals surface area contributed by atoms with Crippen LogP contribution in [0.15, 0.2) is 24.3 Å². The molecule has 1 atom stereocenters. The van der Waals surface area contributed by atoms with E-state index < -0.39 is 6.04 Å². The second-order valence-electron chi connectivity index (χ2n) is 4.43. The Hall–Kier alpha value is -2.52. The van der Waals surface area contributed by atoms with Crippen molar-refractivity contribution in [3.05, 3.63) is 29.8 Å². The zero-order valence-electron chi connectivity index (χ0n) is 11.9. The summed E-state index contributed by atoms with van der Waals surface area (Å²) >= 11 is 0. The Balaban J connectivity index is 2.52. The molecule has 6 nitrogen and oxygen atoms in total. The molecule has 0 bridgehead atoms. The van der Waals surface area contributed by atoms with E-state index in [9.17, 15) is 9.59 Å². The van der Waals surface area contributed by atoms with E-state index in [-0.39, 0.29) is 25.0 Å². The fourth-order valence-electron chi connectivity index (χ4n) is 1.61. The van der Waals surface area contributed by atoms with Gasteiger partial charge in [-0.2, -0.15) is 0 Å². The first-order valence-electron chi connectivity index (χ1n) is 6.43. The van der Waals surface area contributed by atoms with E-state index in [2.05, 4.69) is 16.6 Å². The normalized spacial score (nSPS) is 11.2. The zero-order valence-corrected chi connectivity index (χ0v) is 11.9. The van der Waals surface area contributed by atoms with Crippen LogP contribution in [0.5, 0.6) is 0 Å². The Labute approximate surface area is 124 Å². The molecule has 1 rings (SSSR count). The van der Waals surface area contributed by atoms with E-state index in [0.29, 0.717) is 12.2 Å². The molecule has 0 heterocycles. The quantitative estimate of drug-likeness (QED) is 0.375. The van der Waals surface area contributed by atoms with Crippen molar-refractivity contribution in [2.75, 3.05) is 18.9 Å². The van der Waals surface area contributed by atoms with Gasteiger partial charge in [-0.1, -0.05) is 18.1 Å². The summed E-state index contributed by atoms with van der Waals surface area (Å²) in [5.74, 6) is 1.65. The van der Waals surface area contributed by atoms with Gasteiger partial charge in [0.25, 0.3) is 0 Å². The third-order valence-electron chi connectivity index (χ3n) is 2.61. The van der Waals surface area contributed by atoms with Gasteiger partial charge in [0.2, 0.25) is 11.8 Å². The molecule has 0 aliphatic heterocycles. The minimum Gasteiger partial charge on any atom is -0.399 e. The van der Waals surface area contributed by atoms with Gasteiger partial charge in [-0.05, 0) is 17.7 Å². The minimum atomic E-state index is -0.773. The van der Waals surface area contributed by atoms with Crippen molar-refractivity contribution in [2.45, 2.75) is 19.5 Å². The van der Waals surface area contributed by atoms with Crippen molar-refractivity contribution >= 4 is 17.5 Å². The average molecular weight is 289 g/mol. The van der Waals surface area contributed by atoms with Gasteiger partial charge in [0.05, 0.1) is 6.61 Å². The molecule has 0 spiro atoms. The molecule has 0 aliphatic carbocycles. The number of carbonyl (C=O) groups is 2. The summed E-state index contributed by atoms with van der Waals surface area (Å²) in [5, 5.41) is 5.24. The van der Waals surface area contributed by atoms with Crippen LogP contribution in [0, 0.1) is 12.3 Å². The molecule has 0 aromatic heterocycles. The molecule has 1 aromatic carbocycles. The number of anilines is 1. The molecule has 1 aromatic rings. The van der Waals surface area contributed by atoms with Crippen molar-refractivity contribution < 1.29 is 14.3 Å². The SMILES string of the molecule is C#CCOCC(NC(C)=O)C(=O)NCc1ccc(N)cc1. The lowest BCUT2D eigenvalue weighted by molar-refractivity contribution is -0.129. The topological polar surface area (TPSA) is 93.4 Å². The van der Waals surface area contributed by atoms with Crippen molar-refractivity contribution in [1.29, 1.82) is 0 Å². The lowest BCUT2D eigenvalue weighted by atomic mass is 10.2. The minimum absolute atomic E-state index is 0.0251. The van der Waals surface area contributed by atoms with E-state index in [0.717, 1.165) is 5.56 Å². The molecule has 1 unspecified atom stereocenters.